The summed E-state index contributed by atoms with van der Waals surface area (Å²) < 4.78 is 12.4. The zero-order chi connectivity index (χ0) is 31.2. The number of hydrogen-bond acceptors (Lipinski definition) is 7. The van der Waals surface area contributed by atoms with E-state index >= 15 is 0 Å². The fourth-order valence-electron chi connectivity index (χ4n) is 5.58. The molecule has 4 aromatic carbocycles. The highest BCUT2D eigenvalue weighted by Crippen LogP contribution is 2.36. The van der Waals surface area contributed by atoms with Crippen LogP contribution >= 0.6 is 24.0 Å². The lowest BCUT2D eigenvalue weighted by atomic mass is 9.98. The number of amidine groups is 1. The Morgan fingerprint density at radius 2 is 1.71 bits per heavy atom. The lowest BCUT2D eigenvalue weighted by molar-refractivity contribution is -0.122. The van der Waals surface area contributed by atoms with Crippen LogP contribution in [0.2, 0.25) is 0 Å². The van der Waals surface area contributed by atoms with E-state index in [4.69, 9.17) is 32.8 Å². The lowest BCUT2D eigenvalue weighted by Gasteiger charge is -2.26. The van der Waals surface area contributed by atoms with E-state index in [9.17, 15) is 4.79 Å². The van der Waals surface area contributed by atoms with Crippen molar-refractivity contribution in [2.45, 2.75) is 12.8 Å². The van der Waals surface area contributed by atoms with Crippen molar-refractivity contribution < 1.29 is 14.3 Å². The zero-order valence-electron chi connectivity index (χ0n) is 25.0. The third-order valence-corrected chi connectivity index (χ3v) is 9.42. The SMILES string of the molecule is N=C(N)Cc1ccc(CCN2C(=O)C(=Cc3ccc(OCCN4CCOCC4)c(-c4ccc5ccccc5c4)c3)SC2=S)cc1. The molecule has 6 rings (SSSR count). The largest absolute Gasteiger partial charge is 0.492 e. The standard InChI is InChI=1S/C36H36N4O3S2/c37-34(38)23-26-7-5-25(6-8-26)13-14-40-35(41)33(45-36(40)44)22-27-9-12-32(43-20-17-39-15-18-42-19-16-39)31(21-27)30-11-10-28-3-1-2-4-29(28)24-30/h1-12,21-22,24H,13-20,23H2,(H3,37,38). The van der Waals surface area contributed by atoms with E-state index < -0.39 is 0 Å². The molecule has 2 heterocycles. The molecule has 0 bridgehead atoms. The van der Waals surface area contributed by atoms with Crippen molar-refractivity contribution in [3.63, 3.8) is 0 Å². The Morgan fingerprint density at radius 3 is 2.49 bits per heavy atom. The summed E-state index contributed by atoms with van der Waals surface area (Å²) in [4.78, 5) is 18.1. The molecule has 7 nitrogen and oxygen atoms in total. The van der Waals surface area contributed by atoms with E-state index in [2.05, 4.69) is 41.3 Å². The molecule has 0 spiro atoms. The fourth-order valence-corrected chi connectivity index (χ4v) is 6.89. The highest BCUT2D eigenvalue weighted by Gasteiger charge is 2.31. The van der Waals surface area contributed by atoms with Gasteiger partial charge in [-0.15, -0.1) is 0 Å². The summed E-state index contributed by atoms with van der Waals surface area (Å²) in [6.45, 7) is 5.30. The van der Waals surface area contributed by atoms with Gasteiger partial charge in [-0.2, -0.15) is 0 Å². The van der Waals surface area contributed by atoms with Crippen molar-refractivity contribution in [1.82, 2.24) is 9.80 Å². The number of hydrogen-bond donors (Lipinski definition) is 2. The molecule has 0 aliphatic carbocycles. The summed E-state index contributed by atoms with van der Waals surface area (Å²) in [5, 5.41) is 9.83. The van der Waals surface area contributed by atoms with Crippen LogP contribution in [-0.4, -0.2) is 71.9 Å². The summed E-state index contributed by atoms with van der Waals surface area (Å²) in [5.74, 6) is 0.885. The summed E-state index contributed by atoms with van der Waals surface area (Å²) in [6.07, 6.45) is 3.05. The summed E-state index contributed by atoms with van der Waals surface area (Å²) >= 11 is 6.96. The normalized spacial score (nSPS) is 16.5. The van der Waals surface area contributed by atoms with Gasteiger partial charge < -0.3 is 15.2 Å². The number of morpholine rings is 1. The van der Waals surface area contributed by atoms with Gasteiger partial charge in [-0.3, -0.25) is 20.0 Å². The van der Waals surface area contributed by atoms with Crippen molar-refractivity contribution >= 4 is 56.9 Å². The van der Waals surface area contributed by atoms with Gasteiger partial charge in [-0.25, -0.2) is 0 Å². The predicted molar refractivity (Wildman–Crippen MR) is 188 cm³/mol. The van der Waals surface area contributed by atoms with Gasteiger partial charge in [0.1, 0.15) is 16.7 Å². The number of thiocarbonyl (C=S) groups is 1. The molecule has 0 aromatic heterocycles. The molecule has 230 valence electrons. The number of nitrogens with two attached hydrogens (primary N) is 1. The topological polar surface area (TPSA) is 91.9 Å². The molecule has 2 aliphatic rings. The molecule has 0 saturated carbocycles. The van der Waals surface area contributed by atoms with Gasteiger partial charge in [0, 0.05) is 38.2 Å². The van der Waals surface area contributed by atoms with Crippen LogP contribution in [0.15, 0.2) is 89.8 Å². The van der Waals surface area contributed by atoms with Crippen molar-refractivity contribution in [1.29, 1.82) is 5.41 Å². The van der Waals surface area contributed by atoms with Gasteiger partial charge in [0.15, 0.2) is 0 Å². The smallest absolute Gasteiger partial charge is 0.266 e. The first-order valence-corrected chi connectivity index (χ1v) is 16.4. The van der Waals surface area contributed by atoms with Crippen LogP contribution in [0.4, 0.5) is 0 Å². The minimum Gasteiger partial charge on any atom is -0.492 e. The van der Waals surface area contributed by atoms with Gasteiger partial charge in [0.2, 0.25) is 0 Å². The summed E-state index contributed by atoms with van der Waals surface area (Å²) in [6, 6.07) is 28.9. The first-order valence-electron chi connectivity index (χ1n) is 15.2. The van der Waals surface area contributed by atoms with Crippen molar-refractivity contribution in [3.05, 3.63) is 107 Å². The molecule has 45 heavy (non-hydrogen) atoms. The van der Waals surface area contributed by atoms with Gasteiger partial charge in [-0.1, -0.05) is 90.7 Å². The van der Waals surface area contributed by atoms with Crippen LogP contribution in [0.5, 0.6) is 5.75 Å². The first-order chi connectivity index (χ1) is 21.9. The molecule has 1 amide bonds. The Labute approximate surface area is 273 Å². The molecule has 4 aromatic rings. The van der Waals surface area contributed by atoms with E-state index in [1.54, 1.807) is 4.90 Å². The number of carbonyl (C=O) groups is 1. The van der Waals surface area contributed by atoms with Crippen molar-refractivity contribution in [3.8, 4) is 16.9 Å². The number of nitrogens with zero attached hydrogens (tertiary/aromatic N) is 2. The number of benzene rings is 4. The number of rotatable bonds is 11. The van der Waals surface area contributed by atoms with Crippen LogP contribution in [0.1, 0.15) is 16.7 Å². The highest BCUT2D eigenvalue weighted by molar-refractivity contribution is 8.26. The second-order valence-electron chi connectivity index (χ2n) is 11.2. The van der Waals surface area contributed by atoms with Crippen LogP contribution in [0, 0.1) is 5.41 Å². The van der Waals surface area contributed by atoms with E-state index in [1.165, 1.54) is 17.1 Å². The molecular formula is C36H36N4O3S2. The summed E-state index contributed by atoms with van der Waals surface area (Å²) in [7, 11) is 0. The number of fused-ring (bicyclic) bond motifs is 1. The molecule has 0 atom stereocenters. The third kappa shape index (κ3) is 7.80. The van der Waals surface area contributed by atoms with Gasteiger partial charge in [-0.05, 0) is 63.7 Å². The van der Waals surface area contributed by atoms with E-state index in [0.29, 0.717) is 35.2 Å². The number of carbonyl (C=O) groups excluding carboxylic acids is 1. The number of amides is 1. The lowest BCUT2D eigenvalue weighted by Crippen LogP contribution is -2.38. The molecule has 2 saturated heterocycles. The molecule has 9 heteroatoms. The monoisotopic (exact) mass is 636 g/mol. The van der Waals surface area contributed by atoms with Crippen LogP contribution < -0.4 is 10.5 Å². The average Bonchev–Trinajstić information content (AvgIpc) is 3.32. The quantitative estimate of drug-likeness (QED) is 0.0885. The van der Waals surface area contributed by atoms with E-state index in [-0.39, 0.29) is 11.7 Å². The minimum atomic E-state index is -0.0729. The summed E-state index contributed by atoms with van der Waals surface area (Å²) in [5.41, 5.74) is 10.6. The average molecular weight is 637 g/mol. The second-order valence-corrected chi connectivity index (χ2v) is 12.9. The van der Waals surface area contributed by atoms with Crippen LogP contribution in [0.25, 0.3) is 28.0 Å². The highest BCUT2D eigenvalue weighted by atomic mass is 32.2. The molecule has 2 aliphatic heterocycles. The maximum Gasteiger partial charge on any atom is 0.266 e. The second kappa shape index (κ2) is 14.4. The number of ether oxygens (including phenoxy) is 2. The van der Waals surface area contributed by atoms with Gasteiger partial charge >= 0.3 is 0 Å². The Kier molecular flexibility index (Phi) is 9.91. The third-order valence-electron chi connectivity index (χ3n) is 8.05. The number of thioether (sulfide) groups is 1. The maximum atomic E-state index is 13.5. The van der Waals surface area contributed by atoms with Crippen LogP contribution in [-0.2, 0) is 22.4 Å². The Morgan fingerprint density at radius 1 is 0.956 bits per heavy atom. The molecule has 3 N–H and O–H groups in total. The maximum absolute atomic E-state index is 13.5. The van der Waals surface area contributed by atoms with E-state index in [1.807, 2.05) is 54.6 Å². The zero-order valence-corrected chi connectivity index (χ0v) is 26.7. The van der Waals surface area contributed by atoms with Crippen LogP contribution in [0.3, 0.4) is 0 Å². The Balaban J connectivity index is 1.20. The first kappa shape index (κ1) is 31.0. The van der Waals surface area contributed by atoms with Crippen molar-refractivity contribution in [2.75, 3.05) is 46.0 Å². The Hall–Kier alpha value is -4.02. The Bertz CT molecular complexity index is 1750. The molecule has 2 fully saturated rings. The minimum absolute atomic E-state index is 0.0729. The molecule has 0 unspecified atom stereocenters. The fraction of sp³-hybridized carbons (Fsp3) is 0.250. The molecule has 0 radical (unpaired) electrons. The van der Waals surface area contributed by atoms with E-state index in [0.717, 1.165) is 71.8 Å². The van der Waals surface area contributed by atoms with Gasteiger partial charge in [0.05, 0.1) is 24.0 Å². The van der Waals surface area contributed by atoms with Crippen molar-refractivity contribution in [2.24, 2.45) is 5.73 Å². The predicted octanol–water partition coefficient (Wildman–Crippen LogP) is 6.14. The number of nitrogens with one attached hydrogen (secondary N) is 1. The molecular weight excluding hydrogens is 601 g/mol. The van der Waals surface area contributed by atoms with Gasteiger partial charge in [0.25, 0.3) is 5.91 Å².